The first kappa shape index (κ1) is 30.0. The van der Waals surface area contributed by atoms with Crippen molar-refractivity contribution in [2.75, 3.05) is 59.2 Å². The van der Waals surface area contributed by atoms with Crippen LogP contribution in [-0.2, 0) is 30.4 Å². The van der Waals surface area contributed by atoms with E-state index in [0.717, 1.165) is 0 Å². The normalized spacial score (nSPS) is 21.0. The van der Waals surface area contributed by atoms with E-state index in [1.165, 1.54) is 9.80 Å². The van der Waals surface area contributed by atoms with Gasteiger partial charge >= 0.3 is 0 Å². The molecule has 0 aromatic heterocycles. The Kier molecular flexibility index (Phi) is 11.1. The minimum Gasteiger partial charge on any atom is -0.508 e. The Morgan fingerprint density at radius 3 is 2.54 bits per heavy atom. The quantitative estimate of drug-likeness (QED) is 0.362. The van der Waals surface area contributed by atoms with Gasteiger partial charge in [-0.2, -0.15) is 0 Å². The van der Waals surface area contributed by atoms with Crippen molar-refractivity contribution in [3.63, 3.8) is 0 Å². The predicted octanol–water partition coefficient (Wildman–Crippen LogP) is -0.127. The van der Waals surface area contributed by atoms with Gasteiger partial charge < -0.3 is 40.3 Å². The van der Waals surface area contributed by atoms with Crippen LogP contribution in [0.1, 0.15) is 22.3 Å². The van der Waals surface area contributed by atoms with Gasteiger partial charge in [-0.05, 0) is 24.6 Å². The van der Waals surface area contributed by atoms with Gasteiger partial charge in [0, 0.05) is 49.9 Å². The third-order valence-electron chi connectivity index (χ3n) is 7.06. The molecule has 2 atom stereocenters. The number of nitrogens with one attached hydrogen (secondary N) is 3. The lowest BCUT2D eigenvalue weighted by molar-refractivity contribution is -0.145. The second kappa shape index (κ2) is 15.1. The maximum Gasteiger partial charge on any atom is 0.251 e. The minimum atomic E-state index is -0.815. The highest BCUT2D eigenvalue weighted by atomic mass is 16.5. The largest absolute Gasteiger partial charge is 0.508 e. The third kappa shape index (κ3) is 8.49. The van der Waals surface area contributed by atoms with Crippen molar-refractivity contribution >= 4 is 23.6 Å². The van der Waals surface area contributed by atoms with Crippen molar-refractivity contribution < 1.29 is 33.8 Å². The second-order valence-corrected chi connectivity index (χ2v) is 9.83. The molecule has 4 rings (SSSR count). The van der Waals surface area contributed by atoms with Crippen molar-refractivity contribution in [3.05, 3.63) is 65.7 Å². The lowest BCUT2D eigenvalue weighted by Gasteiger charge is -2.30. The summed E-state index contributed by atoms with van der Waals surface area (Å²) in [4.78, 5) is 55.1. The molecule has 2 aromatic carbocycles. The third-order valence-corrected chi connectivity index (χ3v) is 7.06. The zero-order chi connectivity index (χ0) is 29.0. The highest BCUT2D eigenvalue weighted by Gasteiger charge is 2.42. The molecule has 2 aliphatic rings. The van der Waals surface area contributed by atoms with Crippen LogP contribution in [0, 0.1) is 0 Å². The molecule has 0 bridgehead atoms. The molecular formula is C29H37N5O7. The van der Waals surface area contributed by atoms with Crippen molar-refractivity contribution in [3.8, 4) is 5.75 Å². The van der Waals surface area contributed by atoms with Gasteiger partial charge in [0.25, 0.3) is 5.91 Å². The lowest BCUT2D eigenvalue weighted by atomic mass is 10.1. The van der Waals surface area contributed by atoms with Crippen LogP contribution in [-0.4, -0.2) is 110 Å². The van der Waals surface area contributed by atoms with E-state index in [-0.39, 0.29) is 82.1 Å². The topological polar surface area (TPSA) is 150 Å². The van der Waals surface area contributed by atoms with Crippen molar-refractivity contribution in [2.24, 2.45) is 0 Å². The smallest absolute Gasteiger partial charge is 0.251 e. The Hall–Kier alpha value is -4.00. The number of para-hydroxylation sites is 1. The number of ether oxygens (including phenoxy) is 2. The average Bonchev–Trinajstić information content (AvgIpc) is 3.41. The van der Waals surface area contributed by atoms with Crippen molar-refractivity contribution in [2.45, 2.75) is 25.0 Å². The number of carbonyl (C=O) groups is 4. The molecule has 12 nitrogen and oxygen atoms in total. The summed E-state index contributed by atoms with van der Waals surface area (Å²) in [5.41, 5.74) is 1.17. The van der Waals surface area contributed by atoms with E-state index in [9.17, 15) is 24.3 Å². The lowest BCUT2D eigenvalue weighted by Crippen LogP contribution is -2.56. The van der Waals surface area contributed by atoms with Gasteiger partial charge in [0.05, 0.1) is 26.4 Å². The van der Waals surface area contributed by atoms with Gasteiger partial charge in [0.2, 0.25) is 17.7 Å². The number of nitrogens with zero attached hydrogens (tertiary/aromatic N) is 2. The maximum absolute atomic E-state index is 13.6. The number of amides is 4. The average molecular weight is 568 g/mol. The van der Waals surface area contributed by atoms with E-state index in [0.29, 0.717) is 30.6 Å². The van der Waals surface area contributed by atoms with Gasteiger partial charge in [-0.1, -0.05) is 36.4 Å². The fraction of sp³-hybridized carbons (Fsp3) is 0.448. The molecule has 0 spiro atoms. The first-order chi connectivity index (χ1) is 19.9. The summed E-state index contributed by atoms with van der Waals surface area (Å²) in [6.07, 6.45) is 0.512. The Bertz CT molecular complexity index is 1200. The Morgan fingerprint density at radius 2 is 1.73 bits per heavy atom. The Labute approximate surface area is 239 Å². The Morgan fingerprint density at radius 1 is 0.976 bits per heavy atom. The molecule has 0 radical (unpaired) electrons. The number of hydrogen-bond acceptors (Lipinski definition) is 8. The number of aromatic hydroxyl groups is 1. The number of benzene rings is 2. The van der Waals surface area contributed by atoms with Gasteiger partial charge in [-0.25, -0.2) is 0 Å². The van der Waals surface area contributed by atoms with E-state index in [4.69, 9.17) is 9.47 Å². The summed E-state index contributed by atoms with van der Waals surface area (Å²) < 4.78 is 10.9. The summed E-state index contributed by atoms with van der Waals surface area (Å²) in [5, 5.41) is 19.1. The Balaban J connectivity index is 1.45. The molecule has 2 aliphatic heterocycles. The van der Waals surface area contributed by atoms with E-state index in [2.05, 4.69) is 16.0 Å². The number of fused-ring (bicyclic) bond motifs is 1. The van der Waals surface area contributed by atoms with Crippen molar-refractivity contribution in [1.82, 2.24) is 25.8 Å². The molecule has 12 heteroatoms. The van der Waals surface area contributed by atoms with E-state index < -0.39 is 11.9 Å². The summed E-state index contributed by atoms with van der Waals surface area (Å²) in [6.45, 7) is 1.28. The van der Waals surface area contributed by atoms with Crippen LogP contribution in [0.3, 0.4) is 0 Å². The second-order valence-electron chi connectivity index (χ2n) is 9.83. The molecule has 220 valence electrons. The highest BCUT2D eigenvalue weighted by molar-refractivity contribution is 5.94. The summed E-state index contributed by atoms with van der Waals surface area (Å²) in [7, 11) is 0. The summed E-state index contributed by atoms with van der Waals surface area (Å²) in [6, 6.07) is 14.4. The fourth-order valence-electron chi connectivity index (χ4n) is 4.88. The van der Waals surface area contributed by atoms with Crippen LogP contribution in [0.2, 0.25) is 0 Å². The van der Waals surface area contributed by atoms with Gasteiger partial charge in [-0.15, -0.1) is 0 Å². The zero-order valence-corrected chi connectivity index (χ0v) is 22.9. The van der Waals surface area contributed by atoms with Crippen LogP contribution in [0.5, 0.6) is 5.75 Å². The summed E-state index contributed by atoms with van der Waals surface area (Å²) >= 11 is 0. The van der Waals surface area contributed by atoms with Gasteiger partial charge in [0.1, 0.15) is 18.4 Å². The molecule has 0 unspecified atom stereocenters. The van der Waals surface area contributed by atoms with Gasteiger partial charge in [-0.3, -0.25) is 19.2 Å². The van der Waals surface area contributed by atoms with Crippen LogP contribution >= 0.6 is 0 Å². The molecule has 2 aromatic rings. The van der Waals surface area contributed by atoms with Crippen LogP contribution in [0.15, 0.2) is 54.6 Å². The molecule has 0 aliphatic carbocycles. The molecule has 2 saturated heterocycles. The molecule has 2 fully saturated rings. The number of rotatable bonds is 7. The number of phenolic OH excluding ortho intramolecular Hbond substituents is 1. The SMILES string of the molecule is O=C(NCCN1CC(=O)N2CC[C@@H](NCc3ccccc3O)[C@H]2C(=O)NCCOCCOCC1=O)c1ccccc1. The van der Waals surface area contributed by atoms with Gasteiger partial charge in [0.15, 0.2) is 0 Å². The molecule has 0 saturated carbocycles. The van der Waals surface area contributed by atoms with Crippen LogP contribution < -0.4 is 16.0 Å². The molecular weight excluding hydrogens is 530 g/mol. The van der Waals surface area contributed by atoms with E-state index in [1.807, 2.05) is 12.1 Å². The minimum absolute atomic E-state index is 0.0860. The first-order valence-electron chi connectivity index (χ1n) is 13.8. The maximum atomic E-state index is 13.6. The number of hydrogen-bond donors (Lipinski definition) is 4. The molecule has 41 heavy (non-hydrogen) atoms. The number of carbonyl (C=O) groups excluding carboxylic acids is 4. The van der Waals surface area contributed by atoms with Crippen molar-refractivity contribution in [1.29, 1.82) is 0 Å². The molecule has 2 heterocycles. The first-order valence-corrected chi connectivity index (χ1v) is 13.8. The highest BCUT2D eigenvalue weighted by Crippen LogP contribution is 2.22. The van der Waals surface area contributed by atoms with E-state index in [1.54, 1.807) is 42.5 Å². The number of phenols is 1. The predicted molar refractivity (Wildman–Crippen MR) is 149 cm³/mol. The van der Waals surface area contributed by atoms with Crippen LogP contribution in [0.25, 0.3) is 0 Å². The zero-order valence-electron chi connectivity index (χ0n) is 22.9. The fourth-order valence-corrected chi connectivity index (χ4v) is 4.88. The molecule has 4 amide bonds. The van der Waals surface area contributed by atoms with E-state index >= 15 is 0 Å². The standard InChI is InChI=1S/C29H37N5O7/c35-24-9-5-4-8-22(24)18-32-23-10-13-34-25(36)19-33(14-11-30-28(38)21-6-2-1-3-7-21)26(37)20-41-17-16-40-15-12-31-29(39)27(23)34/h1-9,23,27,32,35H,10-20H2,(H,30,38)(H,31,39)/t23-,27+/m1/s1. The van der Waals surface area contributed by atoms with Crippen LogP contribution in [0.4, 0.5) is 0 Å². The summed E-state index contributed by atoms with van der Waals surface area (Å²) in [5.74, 6) is -1.26. The monoisotopic (exact) mass is 567 g/mol. The molecule has 4 N–H and O–H groups in total.